The van der Waals surface area contributed by atoms with E-state index < -0.39 is 0 Å². The van der Waals surface area contributed by atoms with Gasteiger partial charge in [0.15, 0.2) is 0 Å². The highest BCUT2D eigenvalue weighted by atomic mass is 16.5. The summed E-state index contributed by atoms with van der Waals surface area (Å²) in [6.07, 6.45) is 0.413. The van der Waals surface area contributed by atoms with Crippen molar-refractivity contribution in [1.82, 2.24) is 24.8 Å². The van der Waals surface area contributed by atoms with Crippen molar-refractivity contribution in [3.63, 3.8) is 0 Å². The Kier molecular flexibility index (Phi) is 4.18. The maximum Gasteiger partial charge on any atom is 0.232 e. The molecule has 0 bridgehead atoms. The summed E-state index contributed by atoms with van der Waals surface area (Å²) >= 11 is 0. The second-order valence-electron chi connectivity index (χ2n) is 7.17. The lowest BCUT2D eigenvalue weighted by atomic mass is 10.1. The number of nitrogens with two attached hydrogens (primary N) is 1. The van der Waals surface area contributed by atoms with Crippen LogP contribution in [0.3, 0.4) is 0 Å². The Morgan fingerprint density at radius 2 is 2.00 bits per heavy atom. The van der Waals surface area contributed by atoms with Crippen LogP contribution in [0.4, 0.5) is 5.82 Å². The van der Waals surface area contributed by atoms with Crippen molar-refractivity contribution in [1.29, 1.82) is 0 Å². The fourth-order valence-electron chi connectivity index (χ4n) is 3.39. The second-order valence-corrected chi connectivity index (χ2v) is 7.17. The zero-order valence-corrected chi connectivity index (χ0v) is 15.6. The third-order valence-electron chi connectivity index (χ3n) is 4.80. The van der Waals surface area contributed by atoms with E-state index in [4.69, 9.17) is 10.3 Å². The largest absolute Gasteiger partial charge is 0.384 e. The predicted octanol–water partition coefficient (Wildman–Crippen LogP) is 2.54. The number of benzene rings is 1. The Morgan fingerprint density at radius 1 is 1.26 bits per heavy atom. The van der Waals surface area contributed by atoms with Crippen molar-refractivity contribution < 1.29 is 9.32 Å². The number of nitrogen functional groups attached to an aromatic ring is 1. The molecule has 1 unspecified atom stereocenters. The van der Waals surface area contributed by atoms with Gasteiger partial charge in [-0.15, -0.1) is 0 Å². The molecule has 140 valence electrons. The Labute approximate surface area is 157 Å². The van der Waals surface area contributed by atoms with Crippen LogP contribution in [0, 0.1) is 6.92 Å². The second kappa shape index (κ2) is 6.53. The fraction of sp³-hybridized carbons (Fsp3) is 0.368. The highest BCUT2D eigenvalue weighted by Crippen LogP contribution is 2.30. The molecule has 0 aliphatic carbocycles. The van der Waals surface area contributed by atoms with Crippen molar-refractivity contribution in [3.05, 3.63) is 41.9 Å². The number of aromatic nitrogens is 4. The molecule has 0 saturated carbocycles. The first-order valence-electron chi connectivity index (χ1n) is 8.98. The number of anilines is 1. The summed E-state index contributed by atoms with van der Waals surface area (Å²) < 4.78 is 7.13. The van der Waals surface area contributed by atoms with Gasteiger partial charge in [0.2, 0.25) is 17.6 Å². The minimum atomic E-state index is -0.0488. The molecule has 8 heteroatoms. The van der Waals surface area contributed by atoms with Crippen molar-refractivity contribution in [2.45, 2.75) is 39.2 Å². The van der Waals surface area contributed by atoms with Gasteiger partial charge in [0, 0.05) is 30.6 Å². The van der Waals surface area contributed by atoms with Crippen molar-refractivity contribution in [2.24, 2.45) is 0 Å². The molecule has 0 radical (unpaired) electrons. The summed E-state index contributed by atoms with van der Waals surface area (Å²) in [7, 11) is 0. The summed E-state index contributed by atoms with van der Waals surface area (Å²) in [6, 6.07) is 9.63. The average Bonchev–Trinajstić information content (AvgIpc) is 3.33. The molecule has 3 aromatic rings. The van der Waals surface area contributed by atoms with Crippen molar-refractivity contribution in [3.8, 4) is 17.1 Å². The number of rotatable bonds is 4. The quantitative estimate of drug-likeness (QED) is 0.761. The SMILES string of the molecule is Cc1cc(N)n(-c2ccc(-c3noc(C4CC(=O)N(C(C)C)C4)n3)cc2)n1. The number of hydrogen-bond acceptors (Lipinski definition) is 6. The average molecular weight is 366 g/mol. The smallest absolute Gasteiger partial charge is 0.232 e. The zero-order chi connectivity index (χ0) is 19.1. The highest BCUT2D eigenvalue weighted by molar-refractivity contribution is 5.79. The van der Waals surface area contributed by atoms with Gasteiger partial charge in [-0.25, -0.2) is 4.68 Å². The Morgan fingerprint density at radius 3 is 2.59 bits per heavy atom. The lowest BCUT2D eigenvalue weighted by Gasteiger charge is -2.20. The molecule has 1 aromatic carbocycles. The van der Waals surface area contributed by atoms with E-state index in [9.17, 15) is 4.79 Å². The number of aryl methyl sites for hydroxylation is 1. The van der Waals surface area contributed by atoms with Crippen LogP contribution >= 0.6 is 0 Å². The minimum absolute atomic E-state index is 0.0488. The van der Waals surface area contributed by atoms with E-state index in [-0.39, 0.29) is 17.9 Å². The molecule has 2 N–H and O–H groups in total. The normalized spacial score (nSPS) is 17.3. The van der Waals surface area contributed by atoms with Crippen LogP contribution in [-0.4, -0.2) is 43.3 Å². The molecule has 3 heterocycles. The molecule has 27 heavy (non-hydrogen) atoms. The molecular formula is C19H22N6O2. The highest BCUT2D eigenvalue weighted by Gasteiger charge is 2.35. The molecule has 1 aliphatic heterocycles. The summed E-state index contributed by atoms with van der Waals surface area (Å²) in [5.74, 6) is 1.69. The van der Waals surface area contributed by atoms with Crippen LogP contribution in [0.2, 0.25) is 0 Å². The monoisotopic (exact) mass is 366 g/mol. The van der Waals surface area contributed by atoms with E-state index in [1.165, 1.54) is 0 Å². The number of nitrogens with zero attached hydrogens (tertiary/aromatic N) is 5. The van der Waals surface area contributed by atoms with Crippen LogP contribution in [0.5, 0.6) is 0 Å². The first-order valence-corrected chi connectivity index (χ1v) is 8.98. The molecule has 1 aliphatic rings. The van der Waals surface area contributed by atoms with Crippen LogP contribution in [-0.2, 0) is 4.79 Å². The zero-order valence-electron chi connectivity index (χ0n) is 15.6. The lowest BCUT2D eigenvalue weighted by molar-refractivity contribution is -0.129. The van der Waals surface area contributed by atoms with Gasteiger partial charge < -0.3 is 15.2 Å². The molecule has 0 spiro atoms. The number of likely N-dealkylation sites (tertiary alicyclic amines) is 1. The van der Waals surface area contributed by atoms with E-state index in [0.29, 0.717) is 30.5 Å². The van der Waals surface area contributed by atoms with Gasteiger partial charge in [-0.1, -0.05) is 5.16 Å². The summed E-state index contributed by atoms with van der Waals surface area (Å²) in [6.45, 7) is 6.54. The molecule has 1 amide bonds. The van der Waals surface area contributed by atoms with Gasteiger partial charge in [0.05, 0.1) is 17.3 Å². The number of carbonyl (C=O) groups excluding carboxylic acids is 1. The van der Waals surface area contributed by atoms with Gasteiger partial charge in [-0.05, 0) is 45.0 Å². The number of carbonyl (C=O) groups is 1. The maximum atomic E-state index is 12.1. The molecule has 2 aromatic heterocycles. The van der Waals surface area contributed by atoms with Crippen molar-refractivity contribution >= 4 is 11.7 Å². The van der Waals surface area contributed by atoms with Gasteiger partial charge >= 0.3 is 0 Å². The summed E-state index contributed by atoms with van der Waals surface area (Å²) in [5.41, 5.74) is 8.53. The maximum absolute atomic E-state index is 12.1. The first-order chi connectivity index (χ1) is 12.9. The van der Waals surface area contributed by atoms with Crippen LogP contribution in [0.1, 0.15) is 37.8 Å². The van der Waals surface area contributed by atoms with Gasteiger partial charge in [-0.3, -0.25) is 4.79 Å². The van der Waals surface area contributed by atoms with E-state index in [1.54, 1.807) is 4.68 Å². The van der Waals surface area contributed by atoms with Crippen LogP contribution in [0.25, 0.3) is 17.1 Å². The Bertz CT molecular complexity index is 973. The minimum Gasteiger partial charge on any atom is -0.384 e. The number of hydrogen-bond donors (Lipinski definition) is 1. The van der Waals surface area contributed by atoms with E-state index in [1.807, 2.05) is 56.0 Å². The van der Waals surface area contributed by atoms with Crippen molar-refractivity contribution in [2.75, 3.05) is 12.3 Å². The third-order valence-corrected chi connectivity index (χ3v) is 4.80. The standard InChI is InChI=1S/C19H22N6O2/c1-11(2)24-10-14(9-17(24)26)19-21-18(23-27-19)13-4-6-15(7-5-13)25-16(20)8-12(3)22-25/h4-8,11,14H,9-10,20H2,1-3H3. The van der Waals surface area contributed by atoms with Gasteiger partial charge in [-0.2, -0.15) is 10.1 Å². The molecule has 1 atom stereocenters. The van der Waals surface area contributed by atoms with E-state index in [2.05, 4.69) is 15.2 Å². The predicted molar refractivity (Wildman–Crippen MR) is 100 cm³/mol. The molecule has 4 rings (SSSR count). The molecule has 1 fully saturated rings. The Balaban J connectivity index is 1.54. The molecular weight excluding hydrogens is 344 g/mol. The van der Waals surface area contributed by atoms with Crippen LogP contribution < -0.4 is 5.73 Å². The molecule has 8 nitrogen and oxygen atoms in total. The third kappa shape index (κ3) is 3.18. The van der Waals surface area contributed by atoms with E-state index in [0.717, 1.165) is 16.9 Å². The first kappa shape index (κ1) is 17.3. The topological polar surface area (TPSA) is 103 Å². The van der Waals surface area contributed by atoms with E-state index >= 15 is 0 Å². The van der Waals surface area contributed by atoms with Gasteiger partial charge in [0.25, 0.3) is 0 Å². The summed E-state index contributed by atoms with van der Waals surface area (Å²) in [4.78, 5) is 18.5. The fourth-order valence-corrected chi connectivity index (χ4v) is 3.39. The lowest BCUT2D eigenvalue weighted by Crippen LogP contribution is -2.31. The molecule has 1 saturated heterocycles. The Hall–Kier alpha value is -3.16. The number of amides is 1. The van der Waals surface area contributed by atoms with Gasteiger partial charge in [0.1, 0.15) is 5.82 Å². The van der Waals surface area contributed by atoms with Crippen LogP contribution in [0.15, 0.2) is 34.9 Å². The summed E-state index contributed by atoms with van der Waals surface area (Å²) in [5, 5.41) is 8.46.